The first kappa shape index (κ1) is 15.1. The zero-order valence-electron chi connectivity index (χ0n) is 11.5. The van der Waals surface area contributed by atoms with Crippen molar-refractivity contribution in [3.63, 3.8) is 0 Å². The van der Waals surface area contributed by atoms with E-state index in [0.29, 0.717) is 0 Å². The van der Waals surface area contributed by atoms with Gasteiger partial charge < -0.3 is 10.2 Å². The summed E-state index contributed by atoms with van der Waals surface area (Å²) in [5.74, 6) is -3.47. The molecule has 2 aromatic carbocycles. The number of carbonyl (C=O) groups is 2. The molecular formula is C14H6N2O8. The molecule has 0 unspecified atom stereocenters. The predicted molar refractivity (Wildman–Crippen MR) is 76.4 cm³/mol. The number of phenols is 2. The molecule has 10 heteroatoms. The van der Waals surface area contributed by atoms with Crippen LogP contribution in [0.5, 0.6) is 11.5 Å². The van der Waals surface area contributed by atoms with Crippen LogP contribution >= 0.6 is 0 Å². The van der Waals surface area contributed by atoms with E-state index in [-0.39, 0.29) is 0 Å². The van der Waals surface area contributed by atoms with Gasteiger partial charge in [0.1, 0.15) is 22.6 Å². The van der Waals surface area contributed by atoms with Gasteiger partial charge in [0.05, 0.1) is 15.4 Å². The summed E-state index contributed by atoms with van der Waals surface area (Å²) in [6.07, 6.45) is 0. The van der Waals surface area contributed by atoms with Gasteiger partial charge in [-0.25, -0.2) is 0 Å². The fourth-order valence-corrected chi connectivity index (χ4v) is 2.63. The Balaban J connectivity index is 2.47. The van der Waals surface area contributed by atoms with Crippen molar-refractivity contribution < 1.29 is 29.6 Å². The number of benzene rings is 2. The van der Waals surface area contributed by atoms with Crippen molar-refractivity contribution in [3.8, 4) is 11.5 Å². The maximum atomic E-state index is 12.6. The highest BCUT2D eigenvalue weighted by molar-refractivity contribution is 6.32. The Hall–Kier alpha value is -3.82. The van der Waals surface area contributed by atoms with Gasteiger partial charge in [0.2, 0.25) is 11.6 Å². The van der Waals surface area contributed by atoms with Gasteiger partial charge in [0.15, 0.2) is 0 Å². The second-order valence-electron chi connectivity index (χ2n) is 4.91. The van der Waals surface area contributed by atoms with E-state index >= 15 is 0 Å². The summed E-state index contributed by atoms with van der Waals surface area (Å²) in [5.41, 5.74) is -4.07. The van der Waals surface area contributed by atoms with E-state index in [9.17, 15) is 40.0 Å². The highest BCUT2D eigenvalue weighted by Gasteiger charge is 2.42. The Morgan fingerprint density at radius 2 is 1.29 bits per heavy atom. The Morgan fingerprint density at radius 3 is 1.79 bits per heavy atom. The van der Waals surface area contributed by atoms with Crippen LogP contribution in [0.3, 0.4) is 0 Å². The Morgan fingerprint density at radius 1 is 0.792 bits per heavy atom. The molecule has 10 nitrogen and oxygen atoms in total. The SMILES string of the molecule is O=C1c2cc(O)cc(O)c2C(=O)c2c([N+](=O)[O-])ccc([N+](=O)[O-])c21. The van der Waals surface area contributed by atoms with Crippen LogP contribution in [-0.2, 0) is 0 Å². The van der Waals surface area contributed by atoms with Gasteiger partial charge in [-0.15, -0.1) is 0 Å². The molecule has 0 bridgehead atoms. The zero-order chi connectivity index (χ0) is 17.8. The average Bonchev–Trinajstić information content (AvgIpc) is 2.50. The summed E-state index contributed by atoms with van der Waals surface area (Å²) in [4.78, 5) is 45.5. The molecule has 24 heavy (non-hydrogen) atoms. The topological polar surface area (TPSA) is 161 Å². The van der Waals surface area contributed by atoms with Gasteiger partial charge in [-0.1, -0.05) is 0 Å². The number of rotatable bonds is 2. The van der Waals surface area contributed by atoms with Crippen LogP contribution in [0.2, 0.25) is 0 Å². The summed E-state index contributed by atoms with van der Waals surface area (Å²) in [6, 6.07) is 3.17. The van der Waals surface area contributed by atoms with E-state index in [1.807, 2.05) is 0 Å². The third kappa shape index (κ3) is 1.90. The second-order valence-corrected chi connectivity index (χ2v) is 4.91. The first-order chi connectivity index (χ1) is 11.2. The number of nitro benzene ring substituents is 2. The van der Waals surface area contributed by atoms with E-state index < -0.39 is 66.5 Å². The van der Waals surface area contributed by atoms with E-state index in [1.165, 1.54) is 0 Å². The van der Waals surface area contributed by atoms with Crippen molar-refractivity contribution in [1.29, 1.82) is 0 Å². The number of carbonyl (C=O) groups excluding carboxylic acids is 2. The number of nitrogens with zero attached hydrogens (tertiary/aromatic N) is 2. The summed E-state index contributed by atoms with van der Waals surface area (Å²) in [5, 5.41) is 41.6. The molecule has 0 heterocycles. The molecule has 0 amide bonds. The highest BCUT2D eigenvalue weighted by atomic mass is 16.6. The minimum atomic E-state index is -1.10. The second kappa shape index (κ2) is 4.84. The maximum Gasteiger partial charge on any atom is 0.281 e. The van der Waals surface area contributed by atoms with E-state index in [1.54, 1.807) is 0 Å². The lowest BCUT2D eigenvalue weighted by Gasteiger charge is -2.18. The third-order valence-electron chi connectivity index (χ3n) is 3.58. The molecule has 0 aliphatic heterocycles. The number of aromatic hydroxyl groups is 2. The van der Waals surface area contributed by atoms with Crippen LogP contribution < -0.4 is 0 Å². The van der Waals surface area contributed by atoms with Crippen LogP contribution in [0.15, 0.2) is 24.3 Å². The van der Waals surface area contributed by atoms with Crippen LogP contribution in [0, 0.1) is 20.2 Å². The first-order valence-corrected chi connectivity index (χ1v) is 6.35. The van der Waals surface area contributed by atoms with Crippen molar-refractivity contribution in [3.05, 3.63) is 66.7 Å². The van der Waals surface area contributed by atoms with E-state index in [2.05, 4.69) is 0 Å². The lowest BCUT2D eigenvalue weighted by Crippen LogP contribution is -2.23. The number of nitro groups is 2. The van der Waals surface area contributed by atoms with Gasteiger partial charge in [-0.05, 0) is 6.07 Å². The lowest BCUT2D eigenvalue weighted by atomic mass is 9.81. The van der Waals surface area contributed by atoms with Gasteiger partial charge in [0, 0.05) is 23.8 Å². The molecule has 0 fully saturated rings. The van der Waals surface area contributed by atoms with Gasteiger partial charge >= 0.3 is 0 Å². The summed E-state index contributed by atoms with van der Waals surface area (Å²) in [6.45, 7) is 0. The van der Waals surface area contributed by atoms with Crippen LogP contribution in [0.25, 0.3) is 0 Å². The minimum Gasteiger partial charge on any atom is -0.508 e. The van der Waals surface area contributed by atoms with Gasteiger partial charge in [-0.3, -0.25) is 29.8 Å². The molecule has 2 N–H and O–H groups in total. The Kier molecular flexibility index (Phi) is 3.04. The molecule has 0 radical (unpaired) electrons. The zero-order valence-corrected chi connectivity index (χ0v) is 11.5. The molecule has 0 spiro atoms. The van der Waals surface area contributed by atoms with E-state index in [4.69, 9.17) is 0 Å². The number of ketones is 2. The molecule has 1 aliphatic rings. The standard InChI is InChI=1S/C14H6N2O8/c17-5-3-6-10(9(18)4-5)14(20)12-8(16(23)24)2-1-7(15(21)22)11(12)13(6)19/h1-4,17-18H. The molecule has 3 rings (SSSR count). The maximum absolute atomic E-state index is 12.6. The van der Waals surface area contributed by atoms with Crippen LogP contribution in [0.4, 0.5) is 11.4 Å². The quantitative estimate of drug-likeness (QED) is 0.530. The summed E-state index contributed by atoms with van der Waals surface area (Å²) >= 11 is 0. The molecule has 0 atom stereocenters. The normalized spacial score (nSPS) is 12.5. The van der Waals surface area contributed by atoms with Crippen molar-refractivity contribution in [2.75, 3.05) is 0 Å². The van der Waals surface area contributed by atoms with Crippen molar-refractivity contribution >= 4 is 22.9 Å². The number of hydrogen-bond donors (Lipinski definition) is 2. The number of hydrogen-bond acceptors (Lipinski definition) is 8. The summed E-state index contributed by atoms with van der Waals surface area (Å²) in [7, 11) is 0. The van der Waals surface area contributed by atoms with Crippen molar-refractivity contribution in [1.82, 2.24) is 0 Å². The molecule has 0 aromatic heterocycles. The first-order valence-electron chi connectivity index (χ1n) is 6.35. The largest absolute Gasteiger partial charge is 0.508 e. The lowest BCUT2D eigenvalue weighted by molar-refractivity contribution is -0.389. The average molecular weight is 330 g/mol. The molecule has 2 aromatic rings. The van der Waals surface area contributed by atoms with Crippen molar-refractivity contribution in [2.24, 2.45) is 0 Å². The smallest absolute Gasteiger partial charge is 0.281 e. The molecule has 120 valence electrons. The fourth-order valence-electron chi connectivity index (χ4n) is 2.63. The van der Waals surface area contributed by atoms with Gasteiger partial charge in [0.25, 0.3) is 11.4 Å². The molecule has 0 saturated carbocycles. The predicted octanol–water partition coefficient (Wildman–Crippen LogP) is 1.69. The number of phenolic OH excluding ortho intramolecular Hbond substituents is 2. The number of fused-ring (bicyclic) bond motifs is 2. The highest BCUT2D eigenvalue weighted by Crippen LogP contribution is 2.41. The Bertz CT molecular complexity index is 979. The Labute approximate surface area is 131 Å². The minimum absolute atomic E-state index is 0.464. The molecular weight excluding hydrogens is 324 g/mol. The van der Waals surface area contributed by atoms with E-state index in [0.717, 1.165) is 24.3 Å². The molecule has 1 aliphatic carbocycles. The fraction of sp³-hybridized carbons (Fsp3) is 0. The third-order valence-corrected chi connectivity index (χ3v) is 3.58. The summed E-state index contributed by atoms with van der Waals surface area (Å²) < 4.78 is 0. The monoisotopic (exact) mass is 330 g/mol. The van der Waals surface area contributed by atoms with Crippen LogP contribution in [0.1, 0.15) is 31.8 Å². The van der Waals surface area contributed by atoms with Crippen LogP contribution in [-0.4, -0.2) is 31.6 Å². The van der Waals surface area contributed by atoms with Gasteiger partial charge in [-0.2, -0.15) is 0 Å². The van der Waals surface area contributed by atoms with Crippen molar-refractivity contribution in [2.45, 2.75) is 0 Å². The molecule has 0 saturated heterocycles.